The molecule has 1 aliphatic carbocycles. The molecule has 0 unspecified atom stereocenters. The summed E-state index contributed by atoms with van der Waals surface area (Å²) < 4.78 is 0. The van der Waals surface area contributed by atoms with Gasteiger partial charge < -0.3 is 5.32 Å². The second kappa shape index (κ2) is 5.41. The van der Waals surface area contributed by atoms with E-state index in [0.29, 0.717) is 0 Å². The summed E-state index contributed by atoms with van der Waals surface area (Å²) in [6.07, 6.45) is 4.82. The molecule has 4 nitrogen and oxygen atoms in total. The third-order valence-corrected chi connectivity index (χ3v) is 3.59. The number of rotatable bonds is 2. The molecule has 1 aromatic carbocycles. The molecule has 20 heavy (non-hydrogen) atoms. The summed E-state index contributed by atoms with van der Waals surface area (Å²) in [5.74, 6) is 0.753. The van der Waals surface area contributed by atoms with Gasteiger partial charge in [-0.2, -0.15) is 0 Å². The van der Waals surface area contributed by atoms with Crippen molar-refractivity contribution < 1.29 is 4.79 Å². The van der Waals surface area contributed by atoms with Crippen LogP contribution >= 0.6 is 0 Å². The summed E-state index contributed by atoms with van der Waals surface area (Å²) in [5.41, 5.74) is 3.15. The second-order valence-electron chi connectivity index (χ2n) is 5.11. The molecule has 0 aliphatic heterocycles. The molecular weight excluding hydrogens is 250 g/mol. The van der Waals surface area contributed by atoms with Crippen molar-refractivity contribution in [3.8, 4) is 11.4 Å². The van der Waals surface area contributed by atoms with Crippen LogP contribution in [0.2, 0.25) is 0 Å². The van der Waals surface area contributed by atoms with E-state index in [1.54, 1.807) is 6.92 Å². The van der Waals surface area contributed by atoms with Crippen LogP contribution in [0.1, 0.15) is 37.1 Å². The number of aromatic nitrogens is 2. The van der Waals surface area contributed by atoms with E-state index in [-0.39, 0.29) is 11.9 Å². The van der Waals surface area contributed by atoms with Gasteiger partial charge in [0.15, 0.2) is 5.82 Å². The van der Waals surface area contributed by atoms with E-state index in [1.807, 2.05) is 36.5 Å². The first kappa shape index (κ1) is 12.8. The van der Waals surface area contributed by atoms with Gasteiger partial charge in [0, 0.05) is 29.9 Å². The van der Waals surface area contributed by atoms with Crippen molar-refractivity contribution in [2.45, 2.75) is 32.2 Å². The summed E-state index contributed by atoms with van der Waals surface area (Å²) in [4.78, 5) is 20.4. The number of hydrogen-bond acceptors (Lipinski definition) is 3. The van der Waals surface area contributed by atoms with Crippen molar-refractivity contribution in [2.75, 3.05) is 0 Å². The Morgan fingerprint density at radius 3 is 2.85 bits per heavy atom. The minimum Gasteiger partial charge on any atom is -0.349 e. The molecule has 1 aliphatic rings. The SMILES string of the molecule is CC(=O)N[C@@H]1CCCc2nc(-c3ccccc3)ncc21. The summed E-state index contributed by atoms with van der Waals surface area (Å²) in [5, 5.41) is 2.98. The third-order valence-electron chi connectivity index (χ3n) is 3.59. The molecule has 0 bridgehead atoms. The van der Waals surface area contributed by atoms with Crippen molar-refractivity contribution in [3.05, 3.63) is 47.8 Å². The number of amides is 1. The summed E-state index contributed by atoms with van der Waals surface area (Å²) in [6, 6.07) is 10.0. The number of nitrogens with one attached hydrogen (secondary N) is 1. The molecule has 0 spiro atoms. The fourth-order valence-electron chi connectivity index (χ4n) is 2.67. The molecule has 0 saturated heterocycles. The third kappa shape index (κ3) is 2.54. The molecule has 1 amide bonds. The first-order chi connectivity index (χ1) is 9.74. The molecule has 1 heterocycles. The van der Waals surface area contributed by atoms with Gasteiger partial charge in [0.25, 0.3) is 0 Å². The van der Waals surface area contributed by atoms with Crippen LogP contribution in [0.5, 0.6) is 0 Å². The molecule has 3 rings (SSSR count). The van der Waals surface area contributed by atoms with Crippen LogP contribution in [-0.2, 0) is 11.2 Å². The van der Waals surface area contributed by atoms with Gasteiger partial charge in [0.1, 0.15) is 0 Å². The van der Waals surface area contributed by atoms with Crippen LogP contribution in [0.15, 0.2) is 36.5 Å². The normalized spacial score (nSPS) is 17.4. The number of carbonyl (C=O) groups is 1. The first-order valence-corrected chi connectivity index (χ1v) is 6.92. The Bertz CT molecular complexity index is 625. The molecule has 0 saturated carbocycles. The van der Waals surface area contributed by atoms with E-state index in [1.165, 1.54) is 0 Å². The summed E-state index contributed by atoms with van der Waals surface area (Å²) >= 11 is 0. The molecule has 1 atom stereocenters. The van der Waals surface area contributed by atoms with E-state index in [9.17, 15) is 4.79 Å². The van der Waals surface area contributed by atoms with Gasteiger partial charge in [-0.1, -0.05) is 30.3 Å². The Morgan fingerprint density at radius 1 is 1.30 bits per heavy atom. The van der Waals surface area contributed by atoms with Gasteiger partial charge in [-0.15, -0.1) is 0 Å². The Kier molecular flexibility index (Phi) is 3.46. The molecular formula is C16H17N3O. The van der Waals surface area contributed by atoms with Gasteiger partial charge >= 0.3 is 0 Å². The smallest absolute Gasteiger partial charge is 0.217 e. The van der Waals surface area contributed by atoms with Crippen LogP contribution in [-0.4, -0.2) is 15.9 Å². The van der Waals surface area contributed by atoms with E-state index < -0.39 is 0 Å². The van der Waals surface area contributed by atoms with Crippen LogP contribution in [0, 0.1) is 0 Å². The average Bonchev–Trinajstić information content (AvgIpc) is 2.47. The number of benzene rings is 1. The van der Waals surface area contributed by atoms with Crippen LogP contribution in [0.25, 0.3) is 11.4 Å². The molecule has 0 fully saturated rings. The van der Waals surface area contributed by atoms with Crippen molar-refractivity contribution in [1.29, 1.82) is 0 Å². The van der Waals surface area contributed by atoms with Crippen LogP contribution in [0.3, 0.4) is 0 Å². The lowest BCUT2D eigenvalue weighted by Crippen LogP contribution is -2.29. The zero-order chi connectivity index (χ0) is 13.9. The van der Waals surface area contributed by atoms with Crippen molar-refractivity contribution in [1.82, 2.24) is 15.3 Å². The van der Waals surface area contributed by atoms with E-state index in [2.05, 4.69) is 15.3 Å². The Hall–Kier alpha value is -2.23. The van der Waals surface area contributed by atoms with Crippen LogP contribution in [0.4, 0.5) is 0 Å². The van der Waals surface area contributed by atoms with Gasteiger partial charge in [-0.3, -0.25) is 4.79 Å². The highest BCUT2D eigenvalue weighted by molar-refractivity contribution is 5.73. The Labute approximate surface area is 118 Å². The first-order valence-electron chi connectivity index (χ1n) is 6.92. The predicted octanol–water partition coefficient (Wildman–Crippen LogP) is 2.66. The van der Waals surface area contributed by atoms with Crippen molar-refractivity contribution in [3.63, 3.8) is 0 Å². The lowest BCUT2D eigenvalue weighted by atomic mass is 9.92. The molecule has 1 aromatic heterocycles. The standard InChI is InChI=1S/C16H17N3O/c1-11(20)18-14-8-5-9-15-13(14)10-17-16(19-15)12-6-3-2-4-7-12/h2-4,6-7,10,14H,5,8-9H2,1H3,(H,18,20)/t14-/m1/s1. The summed E-state index contributed by atoms with van der Waals surface area (Å²) in [7, 11) is 0. The Morgan fingerprint density at radius 2 is 2.10 bits per heavy atom. The maximum absolute atomic E-state index is 11.3. The Balaban J connectivity index is 1.95. The van der Waals surface area contributed by atoms with E-state index in [4.69, 9.17) is 0 Å². The zero-order valence-electron chi connectivity index (χ0n) is 11.5. The molecule has 1 N–H and O–H groups in total. The summed E-state index contributed by atoms with van der Waals surface area (Å²) in [6.45, 7) is 1.55. The van der Waals surface area contributed by atoms with E-state index in [0.717, 1.165) is 41.9 Å². The maximum atomic E-state index is 11.3. The second-order valence-corrected chi connectivity index (χ2v) is 5.11. The van der Waals surface area contributed by atoms with E-state index >= 15 is 0 Å². The lowest BCUT2D eigenvalue weighted by Gasteiger charge is -2.25. The predicted molar refractivity (Wildman–Crippen MR) is 77.0 cm³/mol. The highest BCUT2D eigenvalue weighted by atomic mass is 16.1. The molecule has 4 heteroatoms. The minimum atomic E-state index is -0.00464. The van der Waals surface area contributed by atoms with Crippen molar-refractivity contribution >= 4 is 5.91 Å². The topological polar surface area (TPSA) is 54.9 Å². The number of hydrogen-bond donors (Lipinski definition) is 1. The van der Waals surface area contributed by atoms with Gasteiger partial charge in [-0.05, 0) is 19.3 Å². The van der Waals surface area contributed by atoms with Crippen molar-refractivity contribution in [2.24, 2.45) is 0 Å². The van der Waals surface area contributed by atoms with Gasteiger partial charge in [0.05, 0.1) is 6.04 Å². The number of nitrogens with zero attached hydrogens (tertiary/aromatic N) is 2. The maximum Gasteiger partial charge on any atom is 0.217 e. The molecule has 102 valence electrons. The number of fused-ring (bicyclic) bond motifs is 1. The minimum absolute atomic E-state index is 0.00464. The fourth-order valence-corrected chi connectivity index (χ4v) is 2.67. The van der Waals surface area contributed by atoms with Gasteiger partial charge in [0.2, 0.25) is 5.91 Å². The number of aryl methyl sites for hydroxylation is 1. The molecule has 2 aromatic rings. The quantitative estimate of drug-likeness (QED) is 0.910. The van der Waals surface area contributed by atoms with Crippen LogP contribution < -0.4 is 5.32 Å². The largest absolute Gasteiger partial charge is 0.349 e. The fraction of sp³-hybridized carbons (Fsp3) is 0.312. The molecule has 0 radical (unpaired) electrons. The highest BCUT2D eigenvalue weighted by Crippen LogP contribution is 2.29. The number of carbonyl (C=O) groups excluding carboxylic acids is 1. The highest BCUT2D eigenvalue weighted by Gasteiger charge is 2.22. The monoisotopic (exact) mass is 267 g/mol. The van der Waals surface area contributed by atoms with Gasteiger partial charge in [-0.25, -0.2) is 9.97 Å². The lowest BCUT2D eigenvalue weighted by molar-refractivity contribution is -0.119. The zero-order valence-corrected chi connectivity index (χ0v) is 11.5. The average molecular weight is 267 g/mol.